The molecule has 1 aromatic heterocycles. The van der Waals surface area contributed by atoms with Crippen LogP contribution in [0.4, 0.5) is 19.0 Å². The number of rotatable bonds is 6. The number of hydrogen-bond acceptors (Lipinski definition) is 6. The minimum atomic E-state index is -4.62. The molecule has 1 saturated heterocycles. The van der Waals surface area contributed by atoms with Crippen LogP contribution in [0.1, 0.15) is 96.5 Å². The quantitative estimate of drug-likeness (QED) is 0.364. The van der Waals surface area contributed by atoms with Crippen LogP contribution in [0.15, 0.2) is 42.5 Å². The van der Waals surface area contributed by atoms with E-state index in [0.29, 0.717) is 18.4 Å². The van der Waals surface area contributed by atoms with Gasteiger partial charge in [-0.15, -0.1) is 0 Å². The summed E-state index contributed by atoms with van der Waals surface area (Å²) in [5, 5.41) is 3.23. The molecule has 4 unspecified atom stereocenters. The van der Waals surface area contributed by atoms with Crippen molar-refractivity contribution in [3.05, 3.63) is 59.3 Å². The first-order valence-electron chi connectivity index (χ1n) is 15.5. The lowest BCUT2D eigenvalue weighted by Gasteiger charge is -2.37. The Bertz CT molecular complexity index is 1490. The Hall–Kier alpha value is -3.15. The van der Waals surface area contributed by atoms with Crippen LogP contribution in [0.3, 0.4) is 0 Å². The van der Waals surface area contributed by atoms with Crippen LogP contribution >= 0.6 is 0 Å². The third kappa shape index (κ3) is 7.47. The number of aromatic nitrogens is 1. The Morgan fingerprint density at radius 1 is 0.933 bits per heavy atom. The van der Waals surface area contributed by atoms with Crippen LogP contribution in [0.25, 0.3) is 0 Å². The standard InChI is InChI=1S/C33H45F3N4O4S/c1-20-18-23(33(34,35)36)19-24(37-20)38-26-25(31(2,3)4)28(29(41)39-45(43,44)32(5,6)7)40(27(26)21-14-10-8-11-15-21)30(42)22-16-12-9-13-17-22/h8,10-11,14-15,18-19,22,25-28H,9,12-13,16-17H2,1-7H3,(H,37,38)(H,39,41). The van der Waals surface area contributed by atoms with E-state index >= 15 is 0 Å². The van der Waals surface area contributed by atoms with E-state index in [2.05, 4.69) is 15.0 Å². The molecular formula is C33H45F3N4O4S. The summed E-state index contributed by atoms with van der Waals surface area (Å²) in [7, 11) is -4.16. The molecule has 4 rings (SSSR count). The van der Waals surface area contributed by atoms with Crippen LogP contribution in [0, 0.1) is 24.2 Å². The number of anilines is 1. The molecule has 2 aliphatic rings. The highest BCUT2D eigenvalue weighted by atomic mass is 32.2. The van der Waals surface area contributed by atoms with Crippen molar-refractivity contribution in [1.29, 1.82) is 0 Å². The number of nitrogens with one attached hydrogen (secondary N) is 2. The summed E-state index contributed by atoms with van der Waals surface area (Å²) in [6.07, 6.45) is -0.638. The van der Waals surface area contributed by atoms with Crippen molar-refractivity contribution >= 4 is 27.7 Å². The van der Waals surface area contributed by atoms with E-state index in [4.69, 9.17) is 0 Å². The fraction of sp³-hybridized carbons (Fsp3) is 0.606. The predicted octanol–water partition coefficient (Wildman–Crippen LogP) is 6.63. The summed E-state index contributed by atoms with van der Waals surface area (Å²) in [5.41, 5.74) is -0.781. The van der Waals surface area contributed by atoms with E-state index in [9.17, 15) is 31.2 Å². The molecule has 12 heteroatoms. The Labute approximate surface area is 264 Å². The maximum absolute atomic E-state index is 14.6. The summed E-state index contributed by atoms with van der Waals surface area (Å²) in [5.74, 6) is -2.25. The summed E-state index contributed by atoms with van der Waals surface area (Å²) < 4.78 is 69.1. The second-order valence-electron chi connectivity index (χ2n) is 14.4. The summed E-state index contributed by atoms with van der Waals surface area (Å²) in [6, 6.07) is 8.07. The molecule has 0 radical (unpaired) electrons. The molecule has 4 atom stereocenters. The summed E-state index contributed by atoms with van der Waals surface area (Å²) in [4.78, 5) is 34.8. The third-order valence-corrected chi connectivity index (χ3v) is 11.0. The maximum Gasteiger partial charge on any atom is 0.416 e. The first-order chi connectivity index (χ1) is 20.7. The number of pyridine rings is 1. The smallest absolute Gasteiger partial charge is 0.364 e. The predicted molar refractivity (Wildman–Crippen MR) is 168 cm³/mol. The van der Waals surface area contributed by atoms with E-state index < -0.39 is 61.9 Å². The Balaban J connectivity index is 1.95. The lowest BCUT2D eigenvalue weighted by Crippen LogP contribution is -2.55. The van der Waals surface area contributed by atoms with Gasteiger partial charge in [0.05, 0.1) is 22.4 Å². The Kier molecular flexibility index (Phi) is 9.69. The highest BCUT2D eigenvalue weighted by Crippen LogP contribution is 2.50. The molecule has 2 heterocycles. The Morgan fingerprint density at radius 2 is 1.53 bits per heavy atom. The topological polar surface area (TPSA) is 108 Å². The number of carbonyl (C=O) groups is 2. The van der Waals surface area contributed by atoms with Crippen molar-refractivity contribution in [2.75, 3.05) is 5.32 Å². The zero-order chi connectivity index (χ0) is 33.5. The number of benzene rings is 1. The van der Waals surface area contributed by atoms with Gasteiger partial charge < -0.3 is 10.2 Å². The normalized spacial score (nSPS) is 23.6. The number of halogens is 3. The maximum atomic E-state index is 14.6. The van der Waals surface area contributed by atoms with Gasteiger partial charge in [0.2, 0.25) is 15.9 Å². The van der Waals surface area contributed by atoms with Crippen molar-refractivity contribution in [2.24, 2.45) is 17.3 Å². The lowest BCUT2D eigenvalue weighted by molar-refractivity contribution is -0.145. The second-order valence-corrected chi connectivity index (χ2v) is 16.8. The summed E-state index contributed by atoms with van der Waals surface area (Å²) in [6.45, 7) is 11.5. The molecule has 2 amide bonds. The number of nitrogens with zero attached hydrogens (tertiary/aromatic N) is 2. The molecular weight excluding hydrogens is 605 g/mol. The minimum absolute atomic E-state index is 0.0454. The number of sulfonamides is 1. The number of amides is 2. The zero-order valence-corrected chi connectivity index (χ0v) is 27.8. The molecule has 0 spiro atoms. The second kappa shape index (κ2) is 12.6. The van der Waals surface area contributed by atoms with Crippen molar-refractivity contribution in [1.82, 2.24) is 14.6 Å². The van der Waals surface area contributed by atoms with Gasteiger partial charge in [0, 0.05) is 17.5 Å². The van der Waals surface area contributed by atoms with Crippen LogP contribution in [-0.2, 0) is 25.8 Å². The lowest BCUT2D eigenvalue weighted by atomic mass is 9.72. The van der Waals surface area contributed by atoms with Gasteiger partial charge in [-0.05, 0) is 63.6 Å². The van der Waals surface area contributed by atoms with Crippen molar-refractivity contribution < 1.29 is 31.2 Å². The van der Waals surface area contributed by atoms with Crippen LogP contribution in [0.5, 0.6) is 0 Å². The molecule has 2 fully saturated rings. The SMILES string of the molecule is Cc1cc(C(F)(F)F)cc(NC2C(c3ccccc3)N(C(=O)C3CCCCC3)C(C(=O)NS(=O)(=O)C(C)(C)C)C2C(C)(C)C)n1. The molecule has 45 heavy (non-hydrogen) atoms. The van der Waals surface area contributed by atoms with E-state index in [1.165, 1.54) is 32.6 Å². The van der Waals surface area contributed by atoms with Gasteiger partial charge in [-0.2, -0.15) is 13.2 Å². The van der Waals surface area contributed by atoms with Gasteiger partial charge >= 0.3 is 6.18 Å². The van der Waals surface area contributed by atoms with Crippen molar-refractivity contribution in [2.45, 2.75) is 110 Å². The first kappa shape index (κ1) is 34.7. The van der Waals surface area contributed by atoms with Gasteiger partial charge in [-0.3, -0.25) is 14.3 Å². The number of aryl methyl sites for hydroxylation is 1. The number of likely N-dealkylation sites (tertiary alicyclic amines) is 1. The molecule has 2 aromatic rings. The van der Waals surface area contributed by atoms with Crippen LogP contribution in [-0.4, -0.2) is 46.9 Å². The molecule has 1 aliphatic carbocycles. The van der Waals surface area contributed by atoms with Gasteiger partial charge in [0.15, 0.2) is 0 Å². The van der Waals surface area contributed by atoms with Gasteiger partial charge in [-0.1, -0.05) is 70.4 Å². The highest BCUT2D eigenvalue weighted by molar-refractivity contribution is 7.91. The number of carbonyl (C=O) groups excluding carboxylic acids is 2. The van der Waals surface area contributed by atoms with Gasteiger partial charge in [0.1, 0.15) is 11.9 Å². The number of hydrogen-bond donors (Lipinski definition) is 2. The van der Waals surface area contributed by atoms with Crippen molar-refractivity contribution in [3.63, 3.8) is 0 Å². The average molecular weight is 651 g/mol. The van der Waals surface area contributed by atoms with E-state index in [1.54, 1.807) is 12.1 Å². The largest absolute Gasteiger partial charge is 0.416 e. The van der Waals surface area contributed by atoms with E-state index in [1.807, 2.05) is 39.0 Å². The molecule has 1 saturated carbocycles. The fourth-order valence-corrected chi connectivity index (χ4v) is 7.35. The minimum Gasteiger partial charge on any atom is -0.364 e. The highest BCUT2D eigenvalue weighted by Gasteiger charge is 2.59. The fourth-order valence-electron chi connectivity index (χ4n) is 6.66. The van der Waals surface area contributed by atoms with Gasteiger partial charge in [0.25, 0.3) is 5.91 Å². The Morgan fingerprint density at radius 3 is 2.07 bits per heavy atom. The molecule has 248 valence electrons. The van der Waals surface area contributed by atoms with Crippen molar-refractivity contribution in [3.8, 4) is 0 Å². The molecule has 2 N–H and O–H groups in total. The van der Waals surface area contributed by atoms with Crippen LogP contribution in [0.2, 0.25) is 0 Å². The molecule has 1 aliphatic heterocycles. The monoisotopic (exact) mass is 650 g/mol. The number of alkyl halides is 3. The molecule has 8 nitrogen and oxygen atoms in total. The van der Waals surface area contributed by atoms with Crippen LogP contribution < -0.4 is 10.0 Å². The average Bonchev–Trinajstić information content (AvgIpc) is 3.27. The summed E-state index contributed by atoms with van der Waals surface area (Å²) >= 11 is 0. The first-order valence-corrected chi connectivity index (χ1v) is 17.0. The molecule has 0 bridgehead atoms. The van der Waals surface area contributed by atoms with E-state index in [0.717, 1.165) is 31.4 Å². The van der Waals surface area contributed by atoms with E-state index in [-0.39, 0.29) is 23.3 Å². The third-order valence-electron chi connectivity index (χ3n) is 8.92. The molecule has 1 aromatic carbocycles. The van der Waals surface area contributed by atoms with Gasteiger partial charge in [-0.25, -0.2) is 13.4 Å². The zero-order valence-electron chi connectivity index (χ0n) is 27.0.